The van der Waals surface area contributed by atoms with E-state index in [1.54, 1.807) is 14.0 Å². The van der Waals surface area contributed by atoms with Gasteiger partial charge in [-0.25, -0.2) is 0 Å². The molecule has 0 unspecified atom stereocenters. The van der Waals surface area contributed by atoms with Crippen LogP contribution in [-0.4, -0.2) is 24.1 Å². The minimum atomic E-state index is 0.234. The molecule has 0 atom stereocenters. The van der Waals surface area contributed by atoms with Gasteiger partial charge in [0.25, 0.3) is 0 Å². The zero-order chi connectivity index (χ0) is 15.8. The second-order valence-electron chi connectivity index (χ2n) is 5.11. The van der Waals surface area contributed by atoms with Gasteiger partial charge in [-0.05, 0) is 23.8 Å². The molecular formula is C17H14N2O4. The topological polar surface area (TPSA) is 66.6 Å². The normalized spacial score (nSPS) is 12.4. The summed E-state index contributed by atoms with van der Waals surface area (Å²) in [5.74, 6) is 3.20. The number of ether oxygens (including phenoxy) is 3. The SMILES string of the molecule is COc1cc2c(cc1-c1ccc(-c3nnc(C)o3)cc1)OCO2. The van der Waals surface area contributed by atoms with Crippen molar-refractivity contribution < 1.29 is 18.6 Å². The standard InChI is InChI=1S/C17H14N2O4/c1-10-18-19-17(23-10)12-5-3-11(4-6-12)13-7-15-16(22-9-21-15)8-14(13)20-2/h3-8H,9H2,1-2H3. The fourth-order valence-electron chi connectivity index (χ4n) is 2.52. The van der Waals surface area contributed by atoms with Gasteiger partial charge in [-0.15, -0.1) is 10.2 Å². The third-order valence-electron chi connectivity index (χ3n) is 3.66. The molecule has 23 heavy (non-hydrogen) atoms. The lowest BCUT2D eigenvalue weighted by atomic mass is 10.0. The Kier molecular flexibility index (Phi) is 3.15. The van der Waals surface area contributed by atoms with E-state index in [2.05, 4.69) is 10.2 Å². The van der Waals surface area contributed by atoms with Crippen molar-refractivity contribution in [3.63, 3.8) is 0 Å². The first-order valence-electron chi connectivity index (χ1n) is 7.13. The van der Waals surface area contributed by atoms with E-state index in [0.717, 1.165) is 28.2 Å². The Labute approximate surface area is 132 Å². The van der Waals surface area contributed by atoms with Crippen molar-refractivity contribution in [2.45, 2.75) is 6.92 Å². The maximum Gasteiger partial charge on any atom is 0.247 e. The molecule has 0 amide bonds. The molecule has 2 heterocycles. The lowest BCUT2D eigenvalue weighted by molar-refractivity contribution is 0.174. The first kappa shape index (κ1) is 13.6. The van der Waals surface area contributed by atoms with Crippen LogP contribution < -0.4 is 14.2 Å². The summed E-state index contributed by atoms with van der Waals surface area (Å²) in [6.07, 6.45) is 0. The van der Waals surface area contributed by atoms with Gasteiger partial charge < -0.3 is 18.6 Å². The highest BCUT2D eigenvalue weighted by Crippen LogP contribution is 2.42. The van der Waals surface area contributed by atoms with E-state index in [0.29, 0.717) is 17.5 Å². The summed E-state index contributed by atoms with van der Waals surface area (Å²) in [5, 5.41) is 7.86. The van der Waals surface area contributed by atoms with Crippen molar-refractivity contribution in [1.29, 1.82) is 0 Å². The predicted octanol–water partition coefficient (Wildman–Crippen LogP) is 3.45. The maximum atomic E-state index is 5.47. The molecule has 0 aliphatic carbocycles. The lowest BCUT2D eigenvalue weighted by Crippen LogP contribution is -1.92. The summed E-state index contributed by atoms with van der Waals surface area (Å²) >= 11 is 0. The van der Waals surface area contributed by atoms with Gasteiger partial charge in [-0.1, -0.05) is 12.1 Å². The van der Waals surface area contributed by atoms with Crippen LogP contribution >= 0.6 is 0 Å². The monoisotopic (exact) mass is 310 g/mol. The smallest absolute Gasteiger partial charge is 0.247 e. The van der Waals surface area contributed by atoms with Crippen LogP contribution in [0, 0.1) is 6.92 Å². The molecule has 6 nitrogen and oxygen atoms in total. The van der Waals surface area contributed by atoms with Crippen molar-refractivity contribution >= 4 is 0 Å². The average molecular weight is 310 g/mol. The number of aryl methyl sites for hydroxylation is 1. The number of nitrogens with zero attached hydrogens (tertiary/aromatic N) is 2. The molecule has 1 aliphatic rings. The summed E-state index contributed by atoms with van der Waals surface area (Å²) in [6.45, 7) is 2.00. The number of rotatable bonds is 3. The second-order valence-corrected chi connectivity index (χ2v) is 5.11. The zero-order valence-corrected chi connectivity index (χ0v) is 12.7. The van der Waals surface area contributed by atoms with Crippen molar-refractivity contribution in [2.24, 2.45) is 0 Å². The van der Waals surface area contributed by atoms with Gasteiger partial charge in [0.15, 0.2) is 11.5 Å². The number of hydrogen-bond acceptors (Lipinski definition) is 6. The van der Waals surface area contributed by atoms with Crippen LogP contribution in [0.4, 0.5) is 0 Å². The van der Waals surface area contributed by atoms with Crippen LogP contribution in [0.1, 0.15) is 5.89 Å². The highest BCUT2D eigenvalue weighted by molar-refractivity contribution is 5.76. The summed E-state index contributed by atoms with van der Waals surface area (Å²) in [6, 6.07) is 11.6. The van der Waals surface area contributed by atoms with Gasteiger partial charge in [0.1, 0.15) is 5.75 Å². The molecule has 0 fully saturated rings. The van der Waals surface area contributed by atoms with Gasteiger partial charge in [0.2, 0.25) is 18.6 Å². The van der Waals surface area contributed by atoms with E-state index < -0.39 is 0 Å². The summed E-state index contributed by atoms with van der Waals surface area (Å²) in [4.78, 5) is 0. The first-order chi connectivity index (χ1) is 11.2. The molecule has 0 saturated heterocycles. The number of hydrogen-bond donors (Lipinski definition) is 0. The highest BCUT2D eigenvalue weighted by atomic mass is 16.7. The van der Waals surface area contributed by atoms with Crippen LogP contribution in [0.2, 0.25) is 0 Å². The second kappa shape index (κ2) is 5.31. The third-order valence-corrected chi connectivity index (χ3v) is 3.66. The highest BCUT2D eigenvalue weighted by Gasteiger charge is 2.18. The van der Waals surface area contributed by atoms with Crippen LogP contribution in [0.25, 0.3) is 22.6 Å². The van der Waals surface area contributed by atoms with Crippen LogP contribution in [0.5, 0.6) is 17.2 Å². The Hall–Kier alpha value is -3.02. The van der Waals surface area contributed by atoms with Gasteiger partial charge in [-0.3, -0.25) is 0 Å². The summed E-state index contributed by atoms with van der Waals surface area (Å²) in [5.41, 5.74) is 2.80. The van der Waals surface area contributed by atoms with Crippen molar-refractivity contribution in [3.05, 3.63) is 42.3 Å². The van der Waals surface area contributed by atoms with Gasteiger partial charge in [-0.2, -0.15) is 0 Å². The average Bonchev–Trinajstić information content (AvgIpc) is 3.22. The lowest BCUT2D eigenvalue weighted by Gasteiger charge is -2.10. The van der Waals surface area contributed by atoms with Gasteiger partial charge in [0, 0.05) is 24.1 Å². The number of aromatic nitrogens is 2. The van der Waals surface area contributed by atoms with E-state index in [1.165, 1.54) is 0 Å². The van der Waals surface area contributed by atoms with E-state index in [4.69, 9.17) is 18.6 Å². The summed E-state index contributed by atoms with van der Waals surface area (Å²) < 4.78 is 21.7. The molecule has 3 aromatic rings. The molecule has 2 aromatic carbocycles. The molecule has 0 radical (unpaired) electrons. The molecule has 0 N–H and O–H groups in total. The quantitative estimate of drug-likeness (QED) is 0.738. The van der Waals surface area contributed by atoms with Gasteiger partial charge in [0.05, 0.1) is 7.11 Å². The third kappa shape index (κ3) is 2.38. The minimum Gasteiger partial charge on any atom is -0.496 e. The predicted molar refractivity (Wildman–Crippen MR) is 82.6 cm³/mol. The first-order valence-corrected chi connectivity index (χ1v) is 7.13. The maximum absolute atomic E-state index is 5.47. The van der Waals surface area contributed by atoms with E-state index in [1.807, 2.05) is 36.4 Å². The van der Waals surface area contributed by atoms with Gasteiger partial charge >= 0.3 is 0 Å². The van der Waals surface area contributed by atoms with Crippen molar-refractivity contribution in [3.8, 4) is 39.8 Å². The molecule has 116 valence electrons. The Balaban J connectivity index is 1.73. The molecule has 1 aliphatic heterocycles. The molecule has 0 bridgehead atoms. The number of fused-ring (bicyclic) bond motifs is 1. The molecule has 1 aromatic heterocycles. The van der Waals surface area contributed by atoms with Crippen LogP contribution in [0.3, 0.4) is 0 Å². The van der Waals surface area contributed by atoms with Crippen molar-refractivity contribution in [2.75, 3.05) is 13.9 Å². The molecular weight excluding hydrogens is 296 g/mol. The Bertz CT molecular complexity index is 856. The fraction of sp³-hybridized carbons (Fsp3) is 0.176. The Morgan fingerprint density at radius 2 is 1.65 bits per heavy atom. The molecule has 0 saturated carbocycles. The Morgan fingerprint density at radius 1 is 0.957 bits per heavy atom. The zero-order valence-electron chi connectivity index (χ0n) is 12.7. The van der Waals surface area contributed by atoms with Crippen LogP contribution in [-0.2, 0) is 0 Å². The van der Waals surface area contributed by atoms with Crippen molar-refractivity contribution in [1.82, 2.24) is 10.2 Å². The van der Waals surface area contributed by atoms with E-state index in [9.17, 15) is 0 Å². The minimum absolute atomic E-state index is 0.234. The number of methoxy groups -OCH3 is 1. The summed E-state index contributed by atoms with van der Waals surface area (Å²) in [7, 11) is 1.64. The van der Waals surface area contributed by atoms with E-state index in [-0.39, 0.29) is 6.79 Å². The molecule has 4 rings (SSSR count). The van der Waals surface area contributed by atoms with E-state index >= 15 is 0 Å². The molecule has 0 spiro atoms. The van der Waals surface area contributed by atoms with Crippen LogP contribution in [0.15, 0.2) is 40.8 Å². The fourth-order valence-corrected chi connectivity index (χ4v) is 2.52. The Morgan fingerprint density at radius 3 is 2.30 bits per heavy atom. The number of benzene rings is 2. The largest absolute Gasteiger partial charge is 0.496 e. The molecule has 6 heteroatoms.